The third-order valence-corrected chi connectivity index (χ3v) is 6.08. The van der Waals surface area contributed by atoms with Crippen LogP contribution in [-0.4, -0.2) is 41.5 Å². The first-order valence-electron chi connectivity index (χ1n) is 6.66. The maximum absolute atomic E-state index is 12.0. The molecular weight excluding hydrogens is 310 g/mol. The molecular formula is C13H19N3O3S2. The first kappa shape index (κ1) is 16.1. The maximum atomic E-state index is 12.0. The molecule has 116 valence electrons. The summed E-state index contributed by atoms with van der Waals surface area (Å²) in [5, 5.41) is 9.63. The van der Waals surface area contributed by atoms with Crippen LogP contribution in [0.5, 0.6) is 0 Å². The van der Waals surface area contributed by atoms with Gasteiger partial charge in [0.2, 0.25) is 0 Å². The predicted octanol–water partition coefficient (Wildman–Crippen LogP) is 1.47. The molecule has 1 aliphatic heterocycles. The monoisotopic (exact) mass is 329 g/mol. The van der Waals surface area contributed by atoms with Crippen LogP contribution in [0, 0.1) is 17.2 Å². The number of ether oxygens (including phenoxy) is 1. The topological polar surface area (TPSA) is 96.4 Å². The minimum Gasteiger partial charge on any atom is -0.396 e. The van der Waals surface area contributed by atoms with Crippen molar-refractivity contribution in [3.8, 4) is 6.07 Å². The van der Waals surface area contributed by atoms with Crippen molar-refractivity contribution >= 4 is 31.9 Å². The fraction of sp³-hybridized carbons (Fsp3) is 0.615. The minimum atomic E-state index is -3.47. The highest BCUT2D eigenvalue weighted by molar-refractivity contribution is 7.91. The number of rotatable bonds is 4. The number of thiophene rings is 1. The Kier molecular flexibility index (Phi) is 4.76. The average Bonchev–Trinajstić information content (AvgIpc) is 2.76. The number of nitrogens with zero attached hydrogens (tertiary/aromatic N) is 2. The number of nitriles is 1. The van der Waals surface area contributed by atoms with E-state index in [0.29, 0.717) is 10.9 Å². The molecule has 0 atom stereocenters. The highest BCUT2D eigenvalue weighted by Crippen LogP contribution is 2.41. The van der Waals surface area contributed by atoms with Gasteiger partial charge in [-0.05, 0) is 18.8 Å². The van der Waals surface area contributed by atoms with Crippen molar-refractivity contribution in [3.63, 3.8) is 0 Å². The Morgan fingerprint density at radius 3 is 2.62 bits per heavy atom. The van der Waals surface area contributed by atoms with E-state index in [-0.39, 0.29) is 15.5 Å². The van der Waals surface area contributed by atoms with Gasteiger partial charge in [0.25, 0.3) is 0 Å². The summed E-state index contributed by atoms with van der Waals surface area (Å²) in [6.45, 7) is 2.22. The number of nitrogen functional groups attached to an aromatic ring is 1. The summed E-state index contributed by atoms with van der Waals surface area (Å²) in [6.07, 6.45) is 3.05. The number of hydrogen-bond donors (Lipinski definition) is 1. The number of nitrogens with two attached hydrogens (primary N) is 1. The molecule has 6 nitrogen and oxygen atoms in total. The Morgan fingerprint density at radius 1 is 1.48 bits per heavy atom. The summed E-state index contributed by atoms with van der Waals surface area (Å²) in [4.78, 5) is 2.23. The summed E-state index contributed by atoms with van der Waals surface area (Å²) < 4.78 is 29.3. The van der Waals surface area contributed by atoms with E-state index in [1.165, 1.54) is 0 Å². The Hall–Kier alpha value is -1.30. The number of anilines is 2. The highest BCUT2D eigenvalue weighted by Gasteiger charge is 2.27. The van der Waals surface area contributed by atoms with Crippen molar-refractivity contribution in [2.45, 2.75) is 17.7 Å². The van der Waals surface area contributed by atoms with Gasteiger partial charge in [-0.3, -0.25) is 0 Å². The first-order chi connectivity index (χ1) is 9.84. The highest BCUT2D eigenvalue weighted by atomic mass is 32.2. The van der Waals surface area contributed by atoms with Crippen LogP contribution in [0.1, 0.15) is 17.7 Å². The quantitative estimate of drug-likeness (QED) is 0.898. The van der Waals surface area contributed by atoms with E-state index in [4.69, 9.17) is 15.7 Å². The standard InChI is InChI=1S/C13H19N3O3S2/c1-16(8-9-3-5-19-6-4-9)13-12(21(2,17)18)11(15)10(7-14)20-13/h9H,3-6,8,15H2,1-2H3. The van der Waals surface area contributed by atoms with Crippen LogP contribution in [-0.2, 0) is 14.6 Å². The molecule has 1 aromatic heterocycles. The maximum Gasteiger partial charge on any atom is 0.180 e. The fourth-order valence-corrected chi connectivity index (χ4v) is 5.01. The molecule has 2 N–H and O–H groups in total. The molecule has 0 amide bonds. The third-order valence-electron chi connectivity index (χ3n) is 3.57. The molecule has 2 rings (SSSR count). The Bertz CT molecular complexity index is 655. The van der Waals surface area contributed by atoms with Gasteiger partial charge in [0, 0.05) is 33.1 Å². The van der Waals surface area contributed by atoms with Crippen LogP contribution in [0.25, 0.3) is 0 Å². The molecule has 0 radical (unpaired) electrons. The van der Waals surface area contributed by atoms with Crippen LogP contribution >= 0.6 is 11.3 Å². The normalized spacial score (nSPS) is 16.6. The molecule has 1 aliphatic rings. The molecule has 0 aromatic carbocycles. The predicted molar refractivity (Wildman–Crippen MR) is 83.4 cm³/mol. The summed E-state index contributed by atoms with van der Waals surface area (Å²) in [5.74, 6) is 0.463. The summed E-state index contributed by atoms with van der Waals surface area (Å²) in [6, 6.07) is 1.97. The zero-order chi connectivity index (χ0) is 15.6. The Labute approximate surface area is 129 Å². The second kappa shape index (κ2) is 6.22. The molecule has 0 saturated carbocycles. The second-order valence-electron chi connectivity index (χ2n) is 5.30. The number of sulfone groups is 1. The van der Waals surface area contributed by atoms with Gasteiger partial charge in [-0.1, -0.05) is 0 Å². The van der Waals surface area contributed by atoms with Crippen molar-refractivity contribution in [2.24, 2.45) is 5.92 Å². The molecule has 0 aliphatic carbocycles. The van der Waals surface area contributed by atoms with Crippen molar-refractivity contribution in [3.05, 3.63) is 4.88 Å². The molecule has 0 spiro atoms. The SMILES string of the molecule is CN(CC1CCOCC1)c1sc(C#N)c(N)c1S(C)(=O)=O. The van der Waals surface area contributed by atoms with Gasteiger partial charge in [-0.2, -0.15) is 5.26 Å². The van der Waals surface area contributed by atoms with E-state index in [2.05, 4.69) is 0 Å². The molecule has 0 bridgehead atoms. The van der Waals surface area contributed by atoms with Gasteiger partial charge in [-0.25, -0.2) is 8.42 Å². The lowest BCUT2D eigenvalue weighted by Gasteiger charge is -2.28. The lowest BCUT2D eigenvalue weighted by molar-refractivity contribution is 0.0685. The molecule has 1 saturated heterocycles. The lowest BCUT2D eigenvalue weighted by atomic mass is 10.00. The van der Waals surface area contributed by atoms with Gasteiger partial charge in [0.15, 0.2) is 9.84 Å². The molecule has 1 aromatic rings. The third kappa shape index (κ3) is 3.48. The Balaban J connectivity index is 2.32. The van der Waals surface area contributed by atoms with Gasteiger partial charge in [0.05, 0.1) is 5.69 Å². The van der Waals surface area contributed by atoms with Crippen molar-refractivity contribution < 1.29 is 13.2 Å². The zero-order valence-electron chi connectivity index (χ0n) is 12.1. The smallest absolute Gasteiger partial charge is 0.180 e. The molecule has 21 heavy (non-hydrogen) atoms. The first-order valence-corrected chi connectivity index (χ1v) is 9.36. The van der Waals surface area contributed by atoms with Crippen molar-refractivity contribution in [1.29, 1.82) is 5.26 Å². The minimum absolute atomic E-state index is 0.0684. The van der Waals surface area contributed by atoms with E-state index in [1.807, 2.05) is 18.0 Å². The average molecular weight is 329 g/mol. The van der Waals surface area contributed by atoms with E-state index in [9.17, 15) is 8.42 Å². The van der Waals surface area contributed by atoms with Crippen molar-refractivity contribution in [2.75, 3.05) is 43.7 Å². The zero-order valence-corrected chi connectivity index (χ0v) is 13.8. The van der Waals surface area contributed by atoms with Crippen molar-refractivity contribution in [1.82, 2.24) is 0 Å². The van der Waals surface area contributed by atoms with Gasteiger partial charge >= 0.3 is 0 Å². The summed E-state index contributed by atoms with van der Waals surface area (Å²) in [5.41, 5.74) is 5.90. The van der Waals surface area contributed by atoms with Gasteiger partial charge in [-0.15, -0.1) is 11.3 Å². The van der Waals surface area contributed by atoms with Crippen LogP contribution in [0.15, 0.2) is 4.90 Å². The van der Waals surface area contributed by atoms with Crippen LogP contribution < -0.4 is 10.6 Å². The fourth-order valence-electron chi connectivity index (χ4n) is 2.51. The van der Waals surface area contributed by atoms with Crippen LogP contribution in [0.2, 0.25) is 0 Å². The van der Waals surface area contributed by atoms with E-state index in [0.717, 1.165) is 50.2 Å². The summed E-state index contributed by atoms with van der Waals surface area (Å²) >= 11 is 1.14. The van der Waals surface area contributed by atoms with E-state index >= 15 is 0 Å². The van der Waals surface area contributed by atoms with Gasteiger partial charge in [0.1, 0.15) is 20.8 Å². The Morgan fingerprint density at radius 2 is 2.10 bits per heavy atom. The molecule has 0 unspecified atom stereocenters. The molecule has 2 heterocycles. The molecule has 8 heteroatoms. The van der Waals surface area contributed by atoms with E-state index in [1.54, 1.807) is 0 Å². The second-order valence-corrected chi connectivity index (χ2v) is 8.25. The van der Waals surface area contributed by atoms with Crippen LogP contribution in [0.4, 0.5) is 10.7 Å². The lowest BCUT2D eigenvalue weighted by Crippen LogP contribution is -2.29. The number of hydrogen-bond acceptors (Lipinski definition) is 7. The summed E-state index contributed by atoms with van der Waals surface area (Å²) in [7, 11) is -1.63. The van der Waals surface area contributed by atoms with E-state index < -0.39 is 9.84 Å². The van der Waals surface area contributed by atoms with Gasteiger partial charge < -0.3 is 15.4 Å². The largest absolute Gasteiger partial charge is 0.396 e. The molecule has 1 fully saturated rings. The van der Waals surface area contributed by atoms with Crippen LogP contribution in [0.3, 0.4) is 0 Å².